The molecule has 118 valence electrons. The minimum absolute atomic E-state index is 0.0455. The smallest absolute Gasteiger partial charge is 0.374 e. The van der Waals surface area contributed by atoms with Gasteiger partial charge in [0.1, 0.15) is 5.76 Å². The highest BCUT2D eigenvalue weighted by atomic mass is 16.5. The van der Waals surface area contributed by atoms with Gasteiger partial charge < -0.3 is 18.6 Å². The van der Waals surface area contributed by atoms with Crippen molar-refractivity contribution in [3.05, 3.63) is 35.3 Å². The van der Waals surface area contributed by atoms with Crippen molar-refractivity contribution < 1.29 is 33.0 Å². The highest BCUT2D eigenvalue weighted by Crippen LogP contribution is 2.20. The van der Waals surface area contributed by atoms with E-state index < -0.39 is 17.9 Å². The number of ether oxygens (including phenoxy) is 3. The van der Waals surface area contributed by atoms with Crippen LogP contribution in [-0.4, -0.2) is 38.7 Å². The molecule has 0 fully saturated rings. The zero-order chi connectivity index (χ0) is 16.5. The van der Waals surface area contributed by atoms with Crippen LogP contribution in [0.2, 0.25) is 0 Å². The number of methoxy groups -OCH3 is 2. The third-order valence-corrected chi connectivity index (χ3v) is 2.44. The van der Waals surface area contributed by atoms with Gasteiger partial charge in [0, 0.05) is 17.7 Å². The fourth-order valence-corrected chi connectivity index (χ4v) is 1.42. The van der Waals surface area contributed by atoms with E-state index in [0.717, 1.165) is 12.2 Å². The average Bonchev–Trinajstić information content (AvgIpc) is 2.93. The van der Waals surface area contributed by atoms with E-state index in [-0.39, 0.29) is 18.1 Å². The molecule has 0 atom stereocenters. The second kappa shape index (κ2) is 8.46. The van der Waals surface area contributed by atoms with Gasteiger partial charge in [-0.05, 0) is 25.1 Å². The summed E-state index contributed by atoms with van der Waals surface area (Å²) in [6.45, 7) is 1.86. The molecule has 0 spiro atoms. The van der Waals surface area contributed by atoms with Crippen LogP contribution in [0.4, 0.5) is 0 Å². The van der Waals surface area contributed by atoms with Crippen molar-refractivity contribution >= 4 is 30.1 Å². The van der Waals surface area contributed by atoms with E-state index in [1.54, 1.807) is 6.92 Å². The molecule has 1 rings (SSSR count). The van der Waals surface area contributed by atoms with Crippen molar-refractivity contribution in [1.29, 1.82) is 0 Å². The standard InChI is InChI=1S/C15H16O7/c1-4-21-15(18)12-9-10(5-7-13(16)19-2)11(22-12)6-8-14(17)20-3/h5-9H,4H2,1-3H3/b7-5+,8-6+. The first-order valence-corrected chi connectivity index (χ1v) is 6.34. The van der Waals surface area contributed by atoms with E-state index in [9.17, 15) is 14.4 Å². The number of furan rings is 1. The average molecular weight is 308 g/mol. The van der Waals surface area contributed by atoms with Gasteiger partial charge >= 0.3 is 17.9 Å². The SMILES string of the molecule is CCOC(=O)c1cc(/C=C/C(=O)OC)c(/C=C/C(=O)OC)o1. The van der Waals surface area contributed by atoms with Gasteiger partial charge in [-0.3, -0.25) is 0 Å². The van der Waals surface area contributed by atoms with Crippen LogP contribution in [-0.2, 0) is 23.8 Å². The van der Waals surface area contributed by atoms with E-state index in [1.807, 2.05) is 0 Å². The van der Waals surface area contributed by atoms with Gasteiger partial charge in [0.25, 0.3) is 0 Å². The first kappa shape index (κ1) is 17.2. The number of rotatable bonds is 6. The molecule has 0 aliphatic carbocycles. The van der Waals surface area contributed by atoms with E-state index in [2.05, 4.69) is 9.47 Å². The molecule has 0 radical (unpaired) electrons. The Morgan fingerprint density at radius 1 is 1.09 bits per heavy atom. The molecule has 7 heteroatoms. The van der Waals surface area contributed by atoms with E-state index in [4.69, 9.17) is 9.15 Å². The van der Waals surface area contributed by atoms with Gasteiger partial charge in [-0.25, -0.2) is 14.4 Å². The fraction of sp³-hybridized carbons (Fsp3) is 0.267. The van der Waals surface area contributed by atoms with Crippen LogP contribution >= 0.6 is 0 Å². The Balaban J connectivity index is 3.12. The molecule has 0 N–H and O–H groups in total. The van der Waals surface area contributed by atoms with Gasteiger partial charge in [-0.1, -0.05) is 0 Å². The lowest BCUT2D eigenvalue weighted by atomic mass is 10.2. The number of hydrogen-bond donors (Lipinski definition) is 0. The summed E-state index contributed by atoms with van der Waals surface area (Å²) in [6, 6.07) is 1.40. The van der Waals surface area contributed by atoms with Crippen molar-refractivity contribution in [2.75, 3.05) is 20.8 Å². The van der Waals surface area contributed by atoms with Crippen molar-refractivity contribution in [2.45, 2.75) is 6.92 Å². The summed E-state index contributed by atoms with van der Waals surface area (Å²) in [7, 11) is 2.47. The summed E-state index contributed by atoms with van der Waals surface area (Å²) < 4.78 is 19.1. The maximum absolute atomic E-state index is 11.7. The van der Waals surface area contributed by atoms with Gasteiger partial charge in [-0.2, -0.15) is 0 Å². The largest absolute Gasteiger partial charge is 0.466 e. The Bertz CT molecular complexity index is 564. The molecule has 0 saturated carbocycles. The molecule has 0 amide bonds. The molecular formula is C15H16O7. The second-order valence-corrected chi connectivity index (χ2v) is 3.86. The van der Waals surface area contributed by atoms with Crippen LogP contribution in [0, 0.1) is 0 Å². The molecule has 0 saturated heterocycles. The van der Waals surface area contributed by atoms with Crippen LogP contribution in [0.25, 0.3) is 12.2 Å². The lowest BCUT2D eigenvalue weighted by Gasteiger charge is -1.96. The summed E-state index contributed by atoms with van der Waals surface area (Å²) in [5, 5.41) is 0. The van der Waals surface area contributed by atoms with Crippen molar-refractivity contribution in [3.8, 4) is 0 Å². The van der Waals surface area contributed by atoms with Crippen molar-refractivity contribution in [3.63, 3.8) is 0 Å². The number of esters is 3. The van der Waals surface area contributed by atoms with Gasteiger partial charge in [0.05, 0.1) is 20.8 Å². The molecule has 0 aromatic carbocycles. The zero-order valence-corrected chi connectivity index (χ0v) is 12.5. The maximum atomic E-state index is 11.7. The van der Waals surface area contributed by atoms with Crippen LogP contribution in [0.5, 0.6) is 0 Å². The minimum atomic E-state index is -0.645. The molecule has 0 aliphatic rings. The normalized spacial score (nSPS) is 10.9. The molecule has 0 bridgehead atoms. The summed E-state index contributed by atoms with van der Waals surface area (Å²) in [5.74, 6) is -1.64. The molecule has 1 aromatic rings. The topological polar surface area (TPSA) is 92.0 Å². The van der Waals surface area contributed by atoms with E-state index in [1.165, 1.54) is 32.4 Å². The Kier molecular flexibility index (Phi) is 6.62. The maximum Gasteiger partial charge on any atom is 0.374 e. The minimum Gasteiger partial charge on any atom is -0.466 e. The number of hydrogen-bond acceptors (Lipinski definition) is 7. The second-order valence-electron chi connectivity index (χ2n) is 3.86. The van der Waals surface area contributed by atoms with Gasteiger partial charge in [0.15, 0.2) is 0 Å². The molecule has 0 unspecified atom stereocenters. The summed E-state index contributed by atoms with van der Waals surface area (Å²) in [4.78, 5) is 33.9. The first-order chi connectivity index (χ1) is 10.5. The molecule has 1 heterocycles. The van der Waals surface area contributed by atoms with Crippen molar-refractivity contribution in [1.82, 2.24) is 0 Å². The quantitative estimate of drug-likeness (QED) is 0.449. The predicted molar refractivity (Wildman–Crippen MR) is 76.8 cm³/mol. The molecule has 22 heavy (non-hydrogen) atoms. The Morgan fingerprint density at radius 2 is 1.68 bits per heavy atom. The zero-order valence-electron chi connectivity index (χ0n) is 12.5. The molecule has 7 nitrogen and oxygen atoms in total. The predicted octanol–water partition coefficient (Wildman–Crippen LogP) is 1.83. The number of carbonyl (C=O) groups is 3. The Morgan fingerprint density at radius 3 is 2.23 bits per heavy atom. The van der Waals surface area contributed by atoms with E-state index >= 15 is 0 Å². The fourth-order valence-electron chi connectivity index (χ4n) is 1.42. The van der Waals surface area contributed by atoms with Crippen molar-refractivity contribution in [2.24, 2.45) is 0 Å². The Hall–Kier alpha value is -2.83. The van der Waals surface area contributed by atoms with Crippen LogP contribution in [0.3, 0.4) is 0 Å². The van der Waals surface area contributed by atoms with Crippen LogP contribution in [0.15, 0.2) is 22.6 Å². The van der Waals surface area contributed by atoms with E-state index in [0.29, 0.717) is 5.56 Å². The first-order valence-electron chi connectivity index (χ1n) is 6.34. The van der Waals surface area contributed by atoms with Crippen LogP contribution < -0.4 is 0 Å². The lowest BCUT2D eigenvalue weighted by Crippen LogP contribution is -2.02. The highest BCUT2D eigenvalue weighted by molar-refractivity contribution is 5.92. The summed E-state index contributed by atoms with van der Waals surface area (Å²) in [5.41, 5.74) is 0.411. The number of carbonyl (C=O) groups excluding carboxylic acids is 3. The molecule has 0 aliphatic heterocycles. The summed E-state index contributed by atoms with van der Waals surface area (Å²) >= 11 is 0. The monoisotopic (exact) mass is 308 g/mol. The van der Waals surface area contributed by atoms with Gasteiger partial charge in [-0.15, -0.1) is 0 Å². The Labute approximate surface area is 127 Å². The van der Waals surface area contributed by atoms with Crippen LogP contribution in [0.1, 0.15) is 28.8 Å². The third kappa shape index (κ3) is 4.93. The third-order valence-electron chi connectivity index (χ3n) is 2.44. The lowest BCUT2D eigenvalue weighted by molar-refractivity contribution is -0.135. The highest BCUT2D eigenvalue weighted by Gasteiger charge is 2.15. The molecular weight excluding hydrogens is 292 g/mol. The van der Waals surface area contributed by atoms with Gasteiger partial charge in [0.2, 0.25) is 5.76 Å². The summed E-state index contributed by atoms with van der Waals surface area (Å²) in [6.07, 6.45) is 5.01. The molecule has 1 aromatic heterocycles.